The van der Waals surface area contributed by atoms with Crippen molar-refractivity contribution in [3.8, 4) is 0 Å². The molecule has 3 aromatic rings. The number of hydrogen-bond acceptors (Lipinski definition) is 6. The van der Waals surface area contributed by atoms with Crippen molar-refractivity contribution in [1.29, 1.82) is 0 Å². The Balaban J connectivity index is 0.00000385. The van der Waals surface area contributed by atoms with Gasteiger partial charge in [0.15, 0.2) is 5.69 Å². The fraction of sp³-hybridized carbons (Fsp3) is 0.100. The summed E-state index contributed by atoms with van der Waals surface area (Å²) >= 11 is 3.08. The first-order valence-electron chi connectivity index (χ1n) is 8.98. The van der Waals surface area contributed by atoms with Crippen LogP contribution in [0.5, 0.6) is 0 Å². The molecular formula is C20H15BrN4NaO6S. The van der Waals surface area contributed by atoms with Crippen LogP contribution in [0.1, 0.15) is 32.0 Å². The van der Waals surface area contributed by atoms with Crippen molar-refractivity contribution in [2.75, 3.05) is 0 Å². The Labute approximate surface area is 219 Å². The van der Waals surface area contributed by atoms with Crippen molar-refractivity contribution in [3.63, 3.8) is 0 Å². The number of carbonyl (C=O) groups is 2. The van der Waals surface area contributed by atoms with Crippen LogP contribution in [0.2, 0.25) is 0 Å². The molecule has 33 heavy (non-hydrogen) atoms. The molecule has 165 valence electrons. The SMILES string of the molecule is [N-]=[N+]=NS(=O)(=O)n1cc(C(=O)OCc2ccccc2)c(Br)c1C(=O)OCc1ccccc1.[Na]. The van der Waals surface area contributed by atoms with E-state index in [4.69, 9.17) is 15.0 Å². The van der Waals surface area contributed by atoms with Crippen LogP contribution in [-0.4, -0.2) is 53.9 Å². The summed E-state index contributed by atoms with van der Waals surface area (Å²) in [6.07, 6.45) is 0.834. The van der Waals surface area contributed by atoms with E-state index in [-0.39, 0.29) is 52.8 Å². The number of esters is 2. The Morgan fingerprint density at radius 2 is 1.42 bits per heavy atom. The smallest absolute Gasteiger partial charge is 0.357 e. The molecule has 0 unspecified atom stereocenters. The molecule has 3 rings (SSSR count). The minimum atomic E-state index is -4.68. The van der Waals surface area contributed by atoms with Gasteiger partial charge in [-0.25, -0.2) is 13.6 Å². The largest absolute Gasteiger partial charge is 0.457 e. The number of rotatable bonds is 8. The Morgan fingerprint density at radius 3 is 1.91 bits per heavy atom. The second-order valence-corrected chi connectivity index (χ2v) is 8.52. The van der Waals surface area contributed by atoms with Crippen LogP contribution >= 0.6 is 15.9 Å². The zero-order valence-electron chi connectivity index (χ0n) is 17.3. The molecule has 1 aromatic heterocycles. The first kappa shape index (κ1) is 26.7. The molecule has 10 nitrogen and oxygen atoms in total. The fourth-order valence-corrected chi connectivity index (χ4v) is 4.19. The van der Waals surface area contributed by atoms with E-state index in [1.54, 1.807) is 60.7 Å². The standard InChI is InChI=1S/C20H15BrN4O6S.Na/c21-17-16(19(26)30-12-14-7-3-1-4-8-14)11-25(32(28,29)24-23-22)18(17)20(27)31-13-15-9-5-2-6-10-15;/h1-11H,12-13H2;. The molecule has 0 spiro atoms. The van der Waals surface area contributed by atoms with E-state index >= 15 is 0 Å². The van der Waals surface area contributed by atoms with Gasteiger partial charge in [-0.05, 0) is 32.6 Å². The van der Waals surface area contributed by atoms with Crippen LogP contribution in [0.3, 0.4) is 0 Å². The molecule has 13 heteroatoms. The number of azide groups is 1. The van der Waals surface area contributed by atoms with E-state index in [1.807, 2.05) is 0 Å². The number of aromatic nitrogens is 1. The van der Waals surface area contributed by atoms with Crippen LogP contribution < -0.4 is 0 Å². The van der Waals surface area contributed by atoms with E-state index in [2.05, 4.69) is 25.4 Å². The maximum Gasteiger partial charge on any atom is 0.357 e. The van der Waals surface area contributed by atoms with Crippen LogP contribution in [0, 0.1) is 0 Å². The Kier molecular flexibility index (Phi) is 9.71. The van der Waals surface area contributed by atoms with Crippen LogP contribution in [-0.2, 0) is 32.9 Å². The summed E-state index contributed by atoms with van der Waals surface area (Å²) in [5.41, 5.74) is 9.16. The molecule has 2 aromatic carbocycles. The van der Waals surface area contributed by atoms with Gasteiger partial charge in [-0.1, -0.05) is 60.7 Å². The first-order valence-corrected chi connectivity index (χ1v) is 11.2. The van der Waals surface area contributed by atoms with E-state index in [0.717, 1.165) is 6.20 Å². The van der Waals surface area contributed by atoms with Crippen molar-refractivity contribution in [2.45, 2.75) is 13.2 Å². The maximum absolute atomic E-state index is 12.7. The number of hydrogen-bond donors (Lipinski definition) is 0. The van der Waals surface area contributed by atoms with Gasteiger partial charge in [-0.2, -0.15) is 8.42 Å². The molecule has 1 radical (unpaired) electrons. The van der Waals surface area contributed by atoms with Crippen molar-refractivity contribution in [3.05, 3.63) is 104 Å². The normalized spacial score (nSPS) is 10.5. The summed E-state index contributed by atoms with van der Waals surface area (Å²) in [5, 5.41) is 0. The van der Waals surface area contributed by atoms with Gasteiger partial charge in [0, 0.05) is 40.7 Å². The van der Waals surface area contributed by atoms with E-state index in [0.29, 0.717) is 15.1 Å². The summed E-state index contributed by atoms with van der Waals surface area (Å²) in [4.78, 5) is 27.5. The van der Waals surface area contributed by atoms with Gasteiger partial charge in [0.25, 0.3) is 0 Å². The van der Waals surface area contributed by atoms with Gasteiger partial charge >= 0.3 is 22.1 Å². The number of nitrogens with zero attached hydrogens (tertiary/aromatic N) is 4. The van der Waals surface area contributed by atoms with E-state index in [1.165, 1.54) is 0 Å². The van der Waals surface area contributed by atoms with Gasteiger partial charge in [-0.3, -0.25) is 0 Å². The minimum absolute atomic E-state index is 0. The number of carbonyl (C=O) groups excluding carboxylic acids is 2. The first-order chi connectivity index (χ1) is 15.3. The second-order valence-electron chi connectivity index (χ2n) is 6.27. The molecule has 0 N–H and O–H groups in total. The number of ether oxygens (including phenoxy) is 2. The van der Waals surface area contributed by atoms with Crippen molar-refractivity contribution >= 4 is 67.6 Å². The average Bonchev–Trinajstić information content (AvgIpc) is 3.15. The summed E-state index contributed by atoms with van der Waals surface area (Å²) in [6, 6.07) is 17.5. The molecule has 1 heterocycles. The van der Waals surface area contributed by atoms with Crippen molar-refractivity contribution in [2.24, 2.45) is 4.52 Å². The topological polar surface area (TPSA) is 140 Å². The third-order valence-corrected chi connectivity index (χ3v) is 6.01. The predicted molar refractivity (Wildman–Crippen MR) is 122 cm³/mol. The van der Waals surface area contributed by atoms with Crippen LogP contribution in [0.25, 0.3) is 10.4 Å². The molecule has 0 saturated heterocycles. The molecule has 0 bridgehead atoms. The average molecular weight is 542 g/mol. The van der Waals surface area contributed by atoms with E-state index < -0.39 is 27.8 Å². The molecule has 0 aliphatic carbocycles. The van der Waals surface area contributed by atoms with Crippen molar-refractivity contribution in [1.82, 2.24) is 3.97 Å². The monoisotopic (exact) mass is 541 g/mol. The molecule has 0 amide bonds. The molecular weight excluding hydrogens is 527 g/mol. The molecule has 0 atom stereocenters. The minimum Gasteiger partial charge on any atom is -0.457 e. The second kappa shape index (κ2) is 12.0. The fourth-order valence-electron chi connectivity index (χ4n) is 2.64. The molecule has 0 aliphatic heterocycles. The summed E-state index contributed by atoms with van der Waals surface area (Å²) in [7, 11) is -4.68. The number of benzene rings is 2. The van der Waals surface area contributed by atoms with Crippen LogP contribution in [0.4, 0.5) is 0 Å². The molecule has 0 aliphatic rings. The predicted octanol–water partition coefficient (Wildman–Crippen LogP) is 3.99. The molecule has 0 fully saturated rings. The van der Waals surface area contributed by atoms with Crippen molar-refractivity contribution < 1.29 is 27.5 Å². The van der Waals surface area contributed by atoms with Gasteiger partial charge in [0.05, 0.1) is 14.6 Å². The zero-order valence-corrected chi connectivity index (χ0v) is 21.7. The van der Waals surface area contributed by atoms with Gasteiger partial charge in [0.2, 0.25) is 0 Å². The third kappa shape index (κ3) is 6.70. The van der Waals surface area contributed by atoms with Crippen LogP contribution in [0.15, 0.2) is 75.9 Å². The van der Waals surface area contributed by atoms with Gasteiger partial charge in [-0.15, -0.1) is 0 Å². The van der Waals surface area contributed by atoms with Gasteiger partial charge < -0.3 is 9.47 Å². The number of halogens is 1. The quantitative estimate of drug-likeness (QED) is 0.139. The van der Waals surface area contributed by atoms with E-state index in [9.17, 15) is 18.0 Å². The Hall–Kier alpha value is -2.60. The summed E-state index contributed by atoms with van der Waals surface area (Å²) in [5.74, 6) is -1.95. The summed E-state index contributed by atoms with van der Waals surface area (Å²) < 4.78 is 38.1. The third-order valence-electron chi connectivity index (χ3n) is 4.14. The summed E-state index contributed by atoms with van der Waals surface area (Å²) in [6.45, 7) is -0.221. The van der Waals surface area contributed by atoms with Gasteiger partial charge in [0.1, 0.15) is 13.2 Å². The molecule has 0 saturated carbocycles. The maximum atomic E-state index is 12.7. The Morgan fingerprint density at radius 1 is 0.939 bits per heavy atom. The zero-order chi connectivity index (χ0) is 23.1. The Bertz CT molecular complexity index is 1290.